The molecule has 3 heterocycles. The standard InChI is InChI=1S/C15H13F3N6O/c1-8-3-12(15(16,17)18)24-13(22-8)4-11(23-24)14(25)21-7-10-6-19-9(2)5-20-10/h3-6H,7H2,1-2H3,(H,21,25). The van der Waals surface area contributed by atoms with E-state index in [9.17, 15) is 18.0 Å². The van der Waals surface area contributed by atoms with E-state index in [2.05, 4.69) is 25.4 Å². The van der Waals surface area contributed by atoms with Crippen molar-refractivity contribution in [2.45, 2.75) is 26.6 Å². The van der Waals surface area contributed by atoms with Gasteiger partial charge in [-0.05, 0) is 19.9 Å². The number of alkyl halides is 3. The Morgan fingerprint density at radius 2 is 1.92 bits per heavy atom. The summed E-state index contributed by atoms with van der Waals surface area (Å²) in [6.45, 7) is 3.30. The Kier molecular flexibility index (Phi) is 4.11. The van der Waals surface area contributed by atoms with Crippen LogP contribution in [0.15, 0.2) is 24.5 Å². The molecule has 1 amide bonds. The van der Waals surface area contributed by atoms with Crippen LogP contribution in [0.4, 0.5) is 13.2 Å². The summed E-state index contributed by atoms with van der Waals surface area (Å²) < 4.78 is 39.9. The zero-order valence-corrected chi connectivity index (χ0v) is 13.3. The number of carbonyl (C=O) groups excluding carboxylic acids is 1. The molecule has 10 heteroatoms. The van der Waals surface area contributed by atoms with E-state index in [1.54, 1.807) is 13.1 Å². The van der Waals surface area contributed by atoms with Crippen LogP contribution in [0.25, 0.3) is 5.65 Å². The van der Waals surface area contributed by atoms with E-state index in [1.807, 2.05) is 0 Å². The summed E-state index contributed by atoms with van der Waals surface area (Å²) in [5, 5.41) is 6.27. The van der Waals surface area contributed by atoms with Crippen LogP contribution in [0.3, 0.4) is 0 Å². The largest absolute Gasteiger partial charge is 0.433 e. The van der Waals surface area contributed by atoms with Gasteiger partial charge in [0.25, 0.3) is 5.91 Å². The summed E-state index contributed by atoms with van der Waals surface area (Å²) in [6, 6.07) is 2.09. The molecule has 0 radical (unpaired) electrons. The number of fused-ring (bicyclic) bond motifs is 1. The highest BCUT2D eigenvalue weighted by molar-refractivity contribution is 5.93. The maximum absolute atomic E-state index is 13.1. The number of aryl methyl sites for hydroxylation is 2. The van der Waals surface area contributed by atoms with E-state index in [4.69, 9.17) is 0 Å². The Balaban J connectivity index is 1.86. The first kappa shape index (κ1) is 16.8. The quantitative estimate of drug-likeness (QED) is 0.782. The van der Waals surface area contributed by atoms with Gasteiger partial charge in [0, 0.05) is 18.0 Å². The van der Waals surface area contributed by atoms with Crippen molar-refractivity contribution in [2.24, 2.45) is 0 Å². The average Bonchev–Trinajstić information content (AvgIpc) is 2.96. The maximum Gasteiger partial charge on any atom is 0.433 e. The third-order valence-electron chi connectivity index (χ3n) is 3.34. The van der Waals surface area contributed by atoms with Crippen LogP contribution in [0, 0.1) is 13.8 Å². The molecular weight excluding hydrogens is 337 g/mol. The van der Waals surface area contributed by atoms with Gasteiger partial charge in [-0.1, -0.05) is 0 Å². The topological polar surface area (TPSA) is 85.1 Å². The molecule has 0 aliphatic carbocycles. The van der Waals surface area contributed by atoms with Crippen molar-refractivity contribution in [3.8, 4) is 0 Å². The van der Waals surface area contributed by atoms with E-state index >= 15 is 0 Å². The number of aromatic nitrogens is 5. The molecule has 3 aromatic heterocycles. The van der Waals surface area contributed by atoms with Crippen LogP contribution < -0.4 is 5.32 Å². The second-order valence-corrected chi connectivity index (χ2v) is 5.41. The number of nitrogens with one attached hydrogen (secondary N) is 1. The molecule has 0 aliphatic rings. The molecule has 0 bridgehead atoms. The van der Waals surface area contributed by atoms with Crippen molar-refractivity contribution < 1.29 is 18.0 Å². The Labute approximate surface area is 139 Å². The number of halogens is 3. The fourth-order valence-electron chi connectivity index (χ4n) is 2.19. The van der Waals surface area contributed by atoms with Gasteiger partial charge in [-0.15, -0.1) is 0 Å². The van der Waals surface area contributed by atoms with Gasteiger partial charge in [-0.3, -0.25) is 14.8 Å². The first-order valence-electron chi connectivity index (χ1n) is 7.24. The van der Waals surface area contributed by atoms with Gasteiger partial charge in [0.2, 0.25) is 0 Å². The SMILES string of the molecule is Cc1cnc(CNC(=O)c2cc3nc(C)cc(C(F)(F)F)n3n2)cn1. The van der Waals surface area contributed by atoms with Crippen LogP contribution in [-0.2, 0) is 12.7 Å². The monoisotopic (exact) mass is 350 g/mol. The van der Waals surface area contributed by atoms with Gasteiger partial charge in [-0.2, -0.15) is 18.3 Å². The summed E-state index contributed by atoms with van der Waals surface area (Å²) in [4.78, 5) is 24.3. The smallest absolute Gasteiger partial charge is 0.345 e. The fraction of sp³-hybridized carbons (Fsp3) is 0.267. The first-order chi connectivity index (χ1) is 11.7. The third-order valence-corrected chi connectivity index (χ3v) is 3.34. The van der Waals surface area contributed by atoms with Crippen molar-refractivity contribution in [1.29, 1.82) is 0 Å². The van der Waals surface area contributed by atoms with E-state index in [1.165, 1.54) is 19.2 Å². The van der Waals surface area contributed by atoms with E-state index < -0.39 is 17.8 Å². The summed E-state index contributed by atoms with van der Waals surface area (Å²) in [6.07, 6.45) is -1.55. The van der Waals surface area contributed by atoms with Crippen LogP contribution in [0.2, 0.25) is 0 Å². The number of nitrogens with zero attached hydrogens (tertiary/aromatic N) is 5. The maximum atomic E-state index is 13.1. The molecule has 25 heavy (non-hydrogen) atoms. The van der Waals surface area contributed by atoms with Gasteiger partial charge in [0.1, 0.15) is 5.69 Å². The van der Waals surface area contributed by atoms with Gasteiger partial charge >= 0.3 is 6.18 Å². The molecule has 0 atom stereocenters. The fourth-order valence-corrected chi connectivity index (χ4v) is 2.19. The molecule has 0 fully saturated rings. The van der Waals surface area contributed by atoms with Crippen LogP contribution in [0.5, 0.6) is 0 Å². The van der Waals surface area contributed by atoms with E-state index in [-0.39, 0.29) is 23.6 Å². The molecule has 0 saturated carbocycles. The predicted molar refractivity (Wildman–Crippen MR) is 80.7 cm³/mol. The second-order valence-electron chi connectivity index (χ2n) is 5.41. The Morgan fingerprint density at radius 3 is 2.56 bits per heavy atom. The number of hydrogen-bond donors (Lipinski definition) is 1. The molecule has 0 aliphatic heterocycles. The summed E-state index contributed by atoms with van der Waals surface area (Å²) in [5.74, 6) is -0.626. The van der Waals surface area contributed by atoms with Crippen LogP contribution >= 0.6 is 0 Å². The Morgan fingerprint density at radius 1 is 1.16 bits per heavy atom. The molecular formula is C15H13F3N6O. The Hall–Kier alpha value is -3.04. The number of rotatable bonds is 3. The lowest BCUT2D eigenvalue weighted by Gasteiger charge is -2.09. The van der Waals surface area contributed by atoms with Gasteiger partial charge in [0.05, 0.1) is 24.1 Å². The summed E-state index contributed by atoms with van der Waals surface area (Å²) >= 11 is 0. The van der Waals surface area contributed by atoms with Crippen LogP contribution in [-0.4, -0.2) is 30.5 Å². The van der Waals surface area contributed by atoms with Crippen LogP contribution in [0.1, 0.15) is 33.3 Å². The average molecular weight is 350 g/mol. The predicted octanol–water partition coefficient (Wildman–Crippen LogP) is 2.08. The Bertz CT molecular complexity index is 933. The lowest BCUT2D eigenvalue weighted by molar-refractivity contribution is -0.142. The molecule has 0 unspecified atom stereocenters. The third kappa shape index (κ3) is 3.57. The first-order valence-corrected chi connectivity index (χ1v) is 7.24. The van der Waals surface area contributed by atoms with Crippen molar-refractivity contribution in [3.63, 3.8) is 0 Å². The van der Waals surface area contributed by atoms with E-state index in [0.29, 0.717) is 10.2 Å². The molecule has 3 rings (SSSR count). The lowest BCUT2D eigenvalue weighted by atomic mass is 10.3. The molecule has 0 spiro atoms. The summed E-state index contributed by atoms with van der Waals surface area (Å²) in [7, 11) is 0. The molecule has 7 nitrogen and oxygen atoms in total. The highest BCUT2D eigenvalue weighted by atomic mass is 19.4. The van der Waals surface area contributed by atoms with Gasteiger partial charge in [0.15, 0.2) is 11.3 Å². The highest BCUT2D eigenvalue weighted by Crippen LogP contribution is 2.29. The van der Waals surface area contributed by atoms with E-state index in [0.717, 1.165) is 11.8 Å². The van der Waals surface area contributed by atoms with Gasteiger partial charge < -0.3 is 5.32 Å². The highest BCUT2D eigenvalue weighted by Gasteiger charge is 2.35. The zero-order chi connectivity index (χ0) is 18.2. The van der Waals surface area contributed by atoms with Crippen molar-refractivity contribution in [2.75, 3.05) is 0 Å². The minimum absolute atomic E-state index is 0.0485. The lowest BCUT2D eigenvalue weighted by Crippen LogP contribution is -2.24. The van der Waals surface area contributed by atoms with Crippen molar-refractivity contribution >= 4 is 11.6 Å². The van der Waals surface area contributed by atoms with Crippen molar-refractivity contribution in [1.82, 2.24) is 29.9 Å². The van der Waals surface area contributed by atoms with Gasteiger partial charge in [-0.25, -0.2) is 9.50 Å². The normalized spacial score (nSPS) is 11.7. The number of amides is 1. The summed E-state index contributed by atoms with van der Waals surface area (Å²) in [5.41, 5.74) is 0.237. The molecule has 0 saturated heterocycles. The number of hydrogen-bond acceptors (Lipinski definition) is 5. The minimum Gasteiger partial charge on any atom is -0.345 e. The zero-order valence-electron chi connectivity index (χ0n) is 13.3. The molecule has 3 aromatic rings. The molecule has 130 valence electrons. The van der Waals surface area contributed by atoms with Crippen molar-refractivity contribution in [3.05, 3.63) is 53.0 Å². The second kappa shape index (κ2) is 6.11. The molecule has 0 aromatic carbocycles. The number of carbonyl (C=O) groups is 1. The minimum atomic E-state index is -4.61. The molecule has 1 N–H and O–H groups in total.